The van der Waals surface area contributed by atoms with E-state index >= 15 is 0 Å². The molecule has 1 saturated carbocycles. The average Bonchev–Trinajstić information content (AvgIpc) is 2.99. The smallest absolute Gasteiger partial charge is 0.215 e. The molecule has 6 heteroatoms. The van der Waals surface area contributed by atoms with Crippen molar-refractivity contribution < 1.29 is 8.42 Å². The monoisotopic (exact) mass is 261 g/mol. The largest absolute Gasteiger partial charge is 0.315 e. The third kappa shape index (κ3) is 3.40. The van der Waals surface area contributed by atoms with Crippen molar-refractivity contribution in [2.45, 2.75) is 43.5 Å². The third-order valence-corrected chi connectivity index (χ3v) is 5.70. The highest BCUT2D eigenvalue weighted by Gasteiger charge is 2.31. The Bertz CT molecular complexity index is 348. The first-order chi connectivity index (χ1) is 8.00. The van der Waals surface area contributed by atoms with Crippen molar-refractivity contribution in [3.8, 4) is 0 Å². The summed E-state index contributed by atoms with van der Waals surface area (Å²) in [5.41, 5.74) is 0. The van der Waals surface area contributed by atoms with Gasteiger partial charge in [-0.2, -0.15) is 0 Å². The number of likely N-dealkylation sites (N-methyl/N-ethyl adjacent to an activating group) is 1. The molecule has 0 radical (unpaired) electrons. The topological polar surface area (TPSA) is 61.4 Å². The van der Waals surface area contributed by atoms with E-state index in [-0.39, 0.29) is 11.3 Å². The SMILES string of the molecule is CC(CNS(=O)(=O)C1CCNC1)N(C)C1CC1. The van der Waals surface area contributed by atoms with E-state index in [0.717, 1.165) is 13.0 Å². The van der Waals surface area contributed by atoms with Gasteiger partial charge in [-0.3, -0.25) is 4.90 Å². The Kier molecular flexibility index (Phi) is 4.07. The van der Waals surface area contributed by atoms with Crippen LogP contribution in [0.1, 0.15) is 26.2 Å². The van der Waals surface area contributed by atoms with E-state index < -0.39 is 10.0 Å². The molecule has 0 aromatic carbocycles. The Hall–Kier alpha value is -0.170. The van der Waals surface area contributed by atoms with Crippen LogP contribution in [0.3, 0.4) is 0 Å². The molecule has 5 nitrogen and oxygen atoms in total. The number of nitrogens with zero attached hydrogens (tertiary/aromatic N) is 1. The highest BCUT2D eigenvalue weighted by atomic mass is 32.2. The second kappa shape index (κ2) is 5.22. The summed E-state index contributed by atoms with van der Waals surface area (Å²) in [6.45, 7) is 3.99. The van der Waals surface area contributed by atoms with E-state index in [1.54, 1.807) is 0 Å². The van der Waals surface area contributed by atoms with E-state index in [4.69, 9.17) is 0 Å². The van der Waals surface area contributed by atoms with Crippen LogP contribution in [0.5, 0.6) is 0 Å². The minimum absolute atomic E-state index is 0.249. The van der Waals surface area contributed by atoms with E-state index in [1.807, 2.05) is 0 Å². The molecular formula is C11H23N3O2S. The van der Waals surface area contributed by atoms with Gasteiger partial charge in [-0.05, 0) is 39.8 Å². The molecule has 17 heavy (non-hydrogen) atoms. The molecule has 2 unspecified atom stereocenters. The minimum Gasteiger partial charge on any atom is -0.315 e. The fraction of sp³-hybridized carbons (Fsp3) is 1.00. The van der Waals surface area contributed by atoms with Gasteiger partial charge in [0, 0.05) is 25.2 Å². The van der Waals surface area contributed by atoms with Crippen LogP contribution >= 0.6 is 0 Å². The Morgan fingerprint density at radius 1 is 1.41 bits per heavy atom. The first-order valence-corrected chi connectivity index (χ1v) is 7.96. The molecule has 1 saturated heterocycles. The van der Waals surface area contributed by atoms with Gasteiger partial charge in [0.25, 0.3) is 0 Å². The number of rotatable bonds is 6. The summed E-state index contributed by atoms with van der Waals surface area (Å²) < 4.78 is 26.7. The Balaban J connectivity index is 1.79. The third-order valence-electron chi connectivity index (χ3n) is 3.85. The molecule has 0 bridgehead atoms. The minimum atomic E-state index is -3.13. The Morgan fingerprint density at radius 3 is 2.65 bits per heavy atom. The Labute approximate surface area is 104 Å². The van der Waals surface area contributed by atoms with Crippen LogP contribution in [0.2, 0.25) is 0 Å². The van der Waals surface area contributed by atoms with Gasteiger partial charge in [-0.1, -0.05) is 0 Å². The van der Waals surface area contributed by atoms with Crippen molar-refractivity contribution in [2.75, 3.05) is 26.7 Å². The second-order valence-corrected chi connectivity index (χ2v) is 7.30. The van der Waals surface area contributed by atoms with Gasteiger partial charge >= 0.3 is 0 Å². The summed E-state index contributed by atoms with van der Waals surface area (Å²) in [5.74, 6) is 0. The highest BCUT2D eigenvalue weighted by molar-refractivity contribution is 7.90. The maximum atomic E-state index is 12.0. The molecule has 1 heterocycles. The van der Waals surface area contributed by atoms with Crippen molar-refractivity contribution in [1.29, 1.82) is 0 Å². The normalized spacial score (nSPS) is 27.6. The zero-order chi connectivity index (χ0) is 12.5. The van der Waals surface area contributed by atoms with E-state index in [2.05, 4.69) is 28.9 Å². The van der Waals surface area contributed by atoms with Crippen LogP contribution in [0.4, 0.5) is 0 Å². The molecule has 2 atom stereocenters. The first-order valence-electron chi connectivity index (χ1n) is 6.42. The molecule has 2 N–H and O–H groups in total. The fourth-order valence-electron chi connectivity index (χ4n) is 2.23. The summed E-state index contributed by atoms with van der Waals surface area (Å²) in [7, 11) is -1.06. The maximum absolute atomic E-state index is 12.0. The number of hydrogen-bond donors (Lipinski definition) is 2. The molecule has 2 rings (SSSR count). The van der Waals surface area contributed by atoms with Crippen molar-refractivity contribution >= 4 is 10.0 Å². The predicted molar refractivity (Wildman–Crippen MR) is 68.4 cm³/mol. The van der Waals surface area contributed by atoms with Crippen LogP contribution in [-0.2, 0) is 10.0 Å². The molecule has 1 aliphatic carbocycles. The zero-order valence-corrected chi connectivity index (χ0v) is 11.5. The first kappa shape index (κ1) is 13.3. The molecule has 0 aromatic heterocycles. The zero-order valence-electron chi connectivity index (χ0n) is 10.6. The van der Waals surface area contributed by atoms with Crippen LogP contribution in [0.25, 0.3) is 0 Å². The van der Waals surface area contributed by atoms with Gasteiger partial charge in [-0.25, -0.2) is 13.1 Å². The highest BCUT2D eigenvalue weighted by Crippen LogP contribution is 2.26. The molecule has 0 aromatic rings. The van der Waals surface area contributed by atoms with E-state index in [9.17, 15) is 8.42 Å². The van der Waals surface area contributed by atoms with Gasteiger partial charge in [-0.15, -0.1) is 0 Å². The lowest BCUT2D eigenvalue weighted by atomic mass is 10.3. The lowest BCUT2D eigenvalue weighted by Crippen LogP contribution is -2.44. The maximum Gasteiger partial charge on any atom is 0.215 e. The van der Waals surface area contributed by atoms with Gasteiger partial charge in [0.15, 0.2) is 0 Å². The molecule has 1 aliphatic heterocycles. The average molecular weight is 261 g/mol. The number of hydrogen-bond acceptors (Lipinski definition) is 4. The van der Waals surface area contributed by atoms with Gasteiger partial charge < -0.3 is 5.32 Å². The van der Waals surface area contributed by atoms with Crippen LogP contribution in [-0.4, -0.2) is 57.3 Å². The van der Waals surface area contributed by atoms with Gasteiger partial charge in [0.1, 0.15) is 0 Å². The van der Waals surface area contributed by atoms with Crippen LogP contribution < -0.4 is 10.0 Å². The van der Waals surface area contributed by atoms with Crippen molar-refractivity contribution in [1.82, 2.24) is 14.9 Å². The molecule has 2 fully saturated rings. The Morgan fingerprint density at radius 2 is 2.12 bits per heavy atom. The summed E-state index contributed by atoms with van der Waals surface area (Å²) in [6.07, 6.45) is 3.22. The molecule has 0 amide bonds. The number of nitrogens with one attached hydrogen (secondary N) is 2. The predicted octanol–water partition coefficient (Wildman–Crippen LogP) is -0.250. The van der Waals surface area contributed by atoms with Crippen molar-refractivity contribution in [2.24, 2.45) is 0 Å². The standard InChI is InChI=1S/C11H23N3O2S/c1-9(14(2)10-3-4-10)7-13-17(15,16)11-5-6-12-8-11/h9-13H,3-8H2,1-2H3. The fourth-order valence-corrected chi connectivity index (χ4v) is 3.71. The van der Waals surface area contributed by atoms with E-state index in [0.29, 0.717) is 19.1 Å². The summed E-state index contributed by atoms with van der Waals surface area (Å²) in [5, 5.41) is 2.84. The molecule has 2 aliphatic rings. The summed E-state index contributed by atoms with van der Waals surface area (Å²) in [6, 6.07) is 0.939. The molecular weight excluding hydrogens is 238 g/mol. The summed E-state index contributed by atoms with van der Waals surface area (Å²) >= 11 is 0. The lowest BCUT2D eigenvalue weighted by Gasteiger charge is -2.25. The van der Waals surface area contributed by atoms with E-state index in [1.165, 1.54) is 12.8 Å². The van der Waals surface area contributed by atoms with Gasteiger partial charge in [0.2, 0.25) is 10.0 Å². The number of sulfonamides is 1. The van der Waals surface area contributed by atoms with Crippen LogP contribution in [0, 0.1) is 0 Å². The lowest BCUT2D eigenvalue weighted by molar-refractivity contribution is 0.248. The summed E-state index contributed by atoms with van der Waals surface area (Å²) in [4.78, 5) is 2.27. The van der Waals surface area contributed by atoms with Crippen LogP contribution in [0.15, 0.2) is 0 Å². The van der Waals surface area contributed by atoms with Crippen molar-refractivity contribution in [3.05, 3.63) is 0 Å². The molecule has 100 valence electrons. The van der Waals surface area contributed by atoms with Gasteiger partial charge in [0.05, 0.1) is 5.25 Å². The quantitative estimate of drug-likeness (QED) is 0.692. The molecule has 0 spiro atoms. The van der Waals surface area contributed by atoms with Crippen molar-refractivity contribution in [3.63, 3.8) is 0 Å². The second-order valence-electron chi connectivity index (χ2n) is 5.25.